The van der Waals surface area contributed by atoms with Crippen LogP contribution in [-0.2, 0) is 12.6 Å². The van der Waals surface area contributed by atoms with Crippen LogP contribution in [0.3, 0.4) is 0 Å². The molecule has 1 aliphatic rings. The summed E-state index contributed by atoms with van der Waals surface area (Å²) in [6.07, 6.45) is -2.19. The van der Waals surface area contributed by atoms with Crippen LogP contribution in [0.5, 0.6) is 5.75 Å². The minimum atomic E-state index is -4.42. The summed E-state index contributed by atoms with van der Waals surface area (Å²) in [5, 5.41) is 2.85. The molecule has 0 saturated heterocycles. The number of benzene rings is 2. The Labute approximate surface area is 177 Å². The van der Waals surface area contributed by atoms with Crippen molar-refractivity contribution >= 4 is 11.7 Å². The van der Waals surface area contributed by atoms with Crippen LogP contribution in [0, 0.1) is 0 Å². The van der Waals surface area contributed by atoms with Crippen molar-refractivity contribution in [3.05, 3.63) is 89.2 Å². The molecule has 2 heterocycles. The van der Waals surface area contributed by atoms with Crippen LogP contribution >= 0.6 is 0 Å². The number of anilines is 1. The topological polar surface area (TPSA) is 54.5 Å². The molecule has 4 rings (SSSR count). The molecular formula is C23H20F3N3O2. The SMILES string of the molecule is COc1ccc(NC(=O)N2CCc3cccnc3[C@H]2c2ccc(C(F)(F)F)cc2)cc1. The van der Waals surface area contributed by atoms with Gasteiger partial charge in [0.1, 0.15) is 11.8 Å². The second kappa shape index (κ2) is 8.29. The molecule has 160 valence electrons. The van der Waals surface area contributed by atoms with E-state index >= 15 is 0 Å². The predicted molar refractivity (Wildman–Crippen MR) is 110 cm³/mol. The quantitative estimate of drug-likeness (QED) is 0.618. The maximum atomic E-state index is 13.1. The van der Waals surface area contributed by atoms with E-state index in [1.165, 1.54) is 12.1 Å². The van der Waals surface area contributed by atoms with Gasteiger partial charge in [-0.25, -0.2) is 4.79 Å². The molecule has 0 aliphatic carbocycles. The molecule has 31 heavy (non-hydrogen) atoms. The summed E-state index contributed by atoms with van der Waals surface area (Å²) in [6, 6.07) is 14.6. The summed E-state index contributed by atoms with van der Waals surface area (Å²) in [6.45, 7) is 0.409. The van der Waals surface area contributed by atoms with Crippen LogP contribution in [0.25, 0.3) is 0 Å². The summed E-state index contributed by atoms with van der Waals surface area (Å²) in [5.74, 6) is 0.664. The second-order valence-electron chi connectivity index (χ2n) is 7.17. The number of carbonyl (C=O) groups is 1. The molecule has 1 N–H and O–H groups in total. The van der Waals surface area contributed by atoms with E-state index in [9.17, 15) is 18.0 Å². The van der Waals surface area contributed by atoms with E-state index in [-0.39, 0.29) is 6.03 Å². The second-order valence-corrected chi connectivity index (χ2v) is 7.17. The predicted octanol–water partition coefficient (Wildman–Crippen LogP) is 5.29. The molecule has 0 spiro atoms. The lowest BCUT2D eigenvalue weighted by molar-refractivity contribution is -0.137. The largest absolute Gasteiger partial charge is 0.497 e. The summed E-state index contributed by atoms with van der Waals surface area (Å²) in [7, 11) is 1.56. The van der Waals surface area contributed by atoms with Crippen molar-refractivity contribution in [2.75, 3.05) is 19.0 Å². The number of nitrogens with zero attached hydrogens (tertiary/aromatic N) is 2. The fourth-order valence-electron chi connectivity index (χ4n) is 3.71. The number of rotatable bonds is 3. The third-order valence-electron chi connectivity index (χ3n) is 5.27. The Morgan fingerprint density at radius 1 is 1.10 bits per heavy atom. The monoisotopic (exact) mass is 427 g/mol. The zero-order valence-corrected chi connectivity index (χ0v) is 16.7. The van der Waals surface area contributed by atoms with Crippen molar-refractivity contribution in [1.82, 2.24) is 9.88 Å². The van der Waals surface area contributed by atoms with Gasteiger partial charge in [0.25, 0.3) is 0 Å². The van der Waals surface area contributed by atoms with Gasteiger partial charge >= 0.3 is 12.2 Å². The molecule has 1 atom stereocenters. The number of nitrogens with one attached hydrogen (secondary N) is 1. The molecule has 2 aromatic carbocycles. The number of urea groups is 1. The zero-order valence-electron chi connectivity index (χ0n) is 16.7. The van der Waals surface area contributed by atoms with Gasteiger partial charge in [0.15, 0.2) is 0 Å². The van der Waals surface area contributed by atoms with E-state index in [0.717, 1.165) is 17.7 Å². The summed E-state index contributed by atoms with van der Waals surface area (Å²) in [5.41, 5.74) is 2.06. The third kappa shape index (κ3) is 4.33. The van der Waals surface area contributed by atoms with E-state index in [0.29, 0.717) is 35.7 Å². The van der Waals surface area contributed by atoms with Gasteiger partial charge in [-0.15, -0.1) is 0 Å². The van der Waals surface area contributed by atoms with Gasteiger partial charge in [0.05, 0.1) is 18.4 Å². The summed E-state index contributed by atoms with van der Waals surface area (Å²) >= 11 is 0. The lowest BCUT2D eigenvalue weighted by atomic mass is 9.92. The minimum Gasteiger partial charge on any atom is -0.497 e. The molecule has 8 heteroatoms. The molecule has 5 nitrogen and oxygen atoms in total. The Hall–Kier alpha value is -3.55. The number of hydrogen-bond acceptors (Lipinski definition) is 3. The maximum absolute atomic E-state index is 13.1. The highest BCUT2D eigenvalue weighted by atomic mass is 19.4. The molecule has 0 fully saturated rings. The van der Waals surface area contributed by atoms with Gasteiger partial charge < -0.3 is 15.0 Å². The van der Waals surface area contributed by atoms with Crippen molar-refractivity contribution < 1.29 is 22.7 Å². The van der Waals surface area contributed by atoms with Crippen molar-refractivity contribution in [3.8, 4) is 5.75 Å². The van der Waals surface area contributed by atoms with Crippen LogP contribution in [0.4, 0.5) is 23.7 Å². The Kier molecular flexibility index (Phi) is 5.54. The third-order valence-corrected chi connectivity index (χ3v) is 5.27. The van der Waals surface area contributed by atoms with Crippen molar-refractivity contribution in [3.63, 3.8) is 0 Å². The van der Waals surface area contributed by atoms with E-state index < -0.39 is 17.8 Å². The molecule has 1 aliphatic heterocycles. The average Bonchev–Trinajstić information content (AvgIpc) is 2.78. The number of ether oxygens (including phenoxy) is 1. The molecule has 1 aromatic heterocycles. The van der Waals surface area contributed by atoms with E-state index in [4.69, 9.17) is 4.74 Å². The van der Waals surface area contributed by atoms with Crippen molar-refractivity contribution in [2.24, 2.45) is 0 Å². The lowest BCUT2D eigenvalue weighted by Crippen LogP contribution is -2.43. The van der Waals surface area contributed by atoms with Crippen LogP contribution in [0.15, 0.2) is 66.9 Å². The van der Waals surface area contributed by atoms with Gasteiger partial charge in [0, 0.05) is 18.4 Å². The van der Waals surface area contributed by atoms with Gasteiger partial charge in [0.2, 0.25) is 0 Å². The highest BCUT2D eigenvalue weighted by Crippen LogP contribution is 2.36. The molecule has 0 radical (unpaired) electrons. The number of aromatic nitrogens is 1. The highest BCUT2D eigenvalue weighted by Gasteiger charge is 2.35. The first kappa shape index (κ1) is 20.7. The van der Waals surface area contributed by atoms with Crippen molar-refractivity contribution in [1.29, 1.82) is 0 Å². The normalized spacial score (nSPS) is 15.9. The number of alkyl halides is 3. The Bertz CT molecular complexity index is 1070. The minimum absolute atomic E-state index is 0.355. The molecular weight excluding hydrogens is 407 g/mol. The number of amides is 2. The standard InChI is InChI=1S/C23H20F3N3O2/c1-31-19-10-8-18(9-11-19)28-22(30)29-14-12-15-3-2-13-27-20(15)21(29)16-4-6-17(7-5-16)23(24,25)26/h2-11,13,21H,12,14H2,1H3,(H,28,30)/t21-/m1/s1. The molecule has 0 unspecified atom stereocenters. The highest BCUT2D eigenvalue weighted by molar-refractivity contribution is 5.90. The molecule has 0 bridgehead atoms. The van der Waals surface area contributed by atoms with E-state index in [2.05, 4.69) is 10.3 Å². The Morgan fingerprint density at radius 2 is 1.81 bits per heavy atom. The van der Waals surface area contributed by atoms with E-state index in [1.54, 1.807) is 42.5 Å². The molecule has 2 amide bonds. The van der Waals surface area contributed by atoms with Gasteiger partial charge in [-0.2, -0.15) is 13.2 Å². The lowest BCUT2D eigenvalue weighted by Gasteiger charge is -2.36. The van der Waals surface area contributed by atoms with Crippen LogP contribution in [-0.4, -0.2) is 29.6 Å². The zero-order chi connectivity index (χ0) is 22.0. The van der Waals surface area contributed by atoms with E-state index in [1.807, 2.05) is 12.1 Å². The summed E-state index contributed by atoms with van der Waals surface area (Å²) in [4.78, 5) is 19.2. The maximum Gasteiger partial charge on any atom is 0.416 e. The smallest absolute Gasteiger partial charge is 0.416 e. The first-order valence-corrected chi connectivity index (χ1v) is 9.69. The first-order valence-electron chi connectivity index (χ1n) is 9.69. The molecule has 0 saturated carbocycles. The first-order chi connectivity index (χ1) is 14.9. The van der Waals surface area contributed by atoms with Gasteiger partial charge in [-0.1, -0.05) is 18.2 Å². The number of pyridine rings is 1. The fraction of sp³-hybridized carbons (Fsp3) is 0.217. The Balaban J connectivity index is 1.66. The summed E-state index contributed by atoms with van der Waals surface area (Å²) < 4.78 is 44.1. The Morgan fingerprint density at radius 3 is 2.45 bits per heavy atom. The average molecular weight is 427 g/mol. The number of halogens is 3. The molecule has 3 aromatic rings. The number of fused-ring (bicyclic) bond motifs is 1. The fourth-order valence-corrected chi connectivity index (χ4v) is 3.71. The van der Waals surface area contributed by atoms with Crippen LogP contribution in [0.1, 0.15) is 28.4 Å². The number of carbonyl (C=O) groups excluding carboxylic acids is 1. The van der Waals surface area contributed by atoms with Crippen molar-refractivity contribution in [2.45, 2.75) is 18.6 Å². The van der Waals surface area contributed by atoms with Gasteiger partial charge in [-0.3, -0.25) is 4.98 Å². The number of methoxy groups -OCH3 is 1. The number of hydrogen-bond donors (Lipinski definition) is 1. The van der Waals surface area contributed by atoms with Crippen LogP contribution < -0.4 is 10.1 Å². The van der Waals surface area contributed by atoms with Gasteiger partial charge in [-0.05, 0) is 60.0 Å². The van der Waals surface area contributed by atoms with Crippen LogP contribution in [0.2, 0.25) is 0 Å².